The van der Waals surface area contributed by atoms with Gasteiger partial charge in [-0.05, 0) is 18.2 Å². The minimum absolute atomic E-state index is 0.248. The van der Waals surface area contributed by atoms with Crippen LogP contribution in [0, 0.1) is 11.3 Å². The molecule has 0 saturated heterocycles. The number of nitrogens with one attached hydrogen (secondary N) is 1. The number of rotatable bonds is 2. The number of carbonyl (C=O) groups excluding carboxylic acids is 1. The largest absolute Gasteiger partial charge is 0.366 e. The molecule has 0 fully saturated rings. The molecular weight excluding hydrogens is 216 g/mol. The van der Waals surface area contributed by atoms with Crippen LogP contribution in [0.15, 0.2) is 36.8 Å². The van der Waals surface area contributed by atoms with E-state index in [2.05, 4.69) is 9.97 Å². The number of nitrogens with zero attached hydrogens (tertiary/aromatic N) is 3. The van der Waals surface area contributed by atoms with Crippen LogP contribution in [-0.4, -0.2) is 22.9 Å². The highest BCUT2D eigenvalue weighted by Crippen LogP contribution is 2.13. The van der Waals surface area contributed by atoms with Gasteiger partial charge in [-0.3, -0.25) is 9.78 Å². The first kappa shape index (κ1) is 10.9. The quantitative estimate of drug-likeness (QED) is 0.844. The first-order chi connectivity index (χ1) is 8.22. The van der Waals surface area contributed by atoms with Crippen molar-refractivity contribution in [2.24, 2.45) is 0 Å². The number of anilines is 1. The van der Waals surface area contributed by atoms with Crippen molar-refractivity contribution in [3.8, 4) is 6.07 Å². The van der Waals surface area contributed by atoms with E-state index in [1.165, 1.54) is 17.2 Å². The number of carbonyl (C=O) groups is 1. The van der Waals surface area contributed by atoms with E-state index >= 15 is 0 Å². The average molecular weight is 226 g/mol. The van der Waals surface area contributed by atoms with Gasteiger partial charge >= 0.3 is 0 Å². The molecule has 2 aromatic rings. The maximum Gasteiger partial charge on any atom is 0.276 e. The first-order valence-electron chi connectivity index (χ1n) is 4.99. The van der Waals surface area contributed by atoms with E-state index in [1.807, 2.05) is 6.07 Å². The third-order valence-electron chi connectivity index (χ3n) is 2.38. The van der Waals surface area contributed by atoms with Gasteiger partial charge in [0.05, 0.1) is 17.3 Å². The van der Waals surface area contributed by atoms with Crippen molar-refractivity contribution in [1.82, 2.24) is 9.97 Å². The maximum atomic E-state index is 12.1. The van der Waals surface area contributed by atoms with E-state index in [4.69, 9.17) is 5.26 Å². The second-order valence-corrected chi connectivity index (χ2v) is 3.47. The van der Waals surface area contributed by atoms with Crippen LogP contribution in [0.1, 0.15) is 16.1 Å². The lowest BCUT2D eigenvalue weighted by atomic mass is 10.2. The lowest BCUT2D eigenvalue weighted by Crippen LogP contribution is -2.26. The monoisotopic (exact) mass is 226 g/mol. The van der Waals surface area contributed by atoms with E-state index in [0.29, 0.717) is 5.56 Å². The Hall–Kier alpha value is -2.61. The molecule has 0 aliphatic carbocycles. The van der Waals surface area contributed by atoms with Crippen molar-refractivity contribution in [3.05, 3.63) is 48.0 Å². The number of hydrogen-bond acceptors (Lipinski definition) is 3. The maximum absolute atomic E-state index is 12.1. The third kappa shape index (κ3) is 2.16. The molecule has 0 spiro atoms. The summed E-state index contributed by atoms with van der Waals surface area (Å²) in [5, 5.41) is 8.76. The van der Waals surface area contributed by atoms with Gasteiger partial charge in [0.25, 0.3) is 5.91 Å². The highest BCUT2D eigenvalue weighted by atomic mass is 16.2. The molecule has 0 atom stereocenters. The van der Waals surface area contributed by atoms with Crippen LogP contribution >= 0.6 is 0 Å². The minimum Gasteiger partial charge on any atom is -0.366 e. The number of pyridine rings is 1. The summed E-state index contributed by atoms with van der Waals surface area (Å²) in [6, 6.07) is 6.80. The Morgan fingerprint density at radius 2 is 2.35 bits per heavy atom. The Balaban J connectivity index is 2.28. The van der Waals surface area contributed by atoms with Gasteiger partial charge in [-0.15, -0.1) is 0 Å². The molecule has 0 unspecified atom stereocenters. The summed E-state index contributed by atoms with van der Waals surface area (Å²) in [4.78, 5) is 20.4. The molecule has 0 bridgehead atoms. The Kier molecular flexibility index (Phi) is 2.88. The number of amides is 1. The molecule has 2 heterocycles. The molecule has 0 aromatic carbocycles. The molecule has 5 heteroatoms. The number of hydrogen-bond donors (Lipinski definition) is 1. The van der Waals surface area contributed by atoms with Crippen LogP contribution in [0.5, 0.6) is 0 Å². The van der Waals surface area contributed by atoms with Crippen LogP contribution in [0.2, 0.25) is 0 Å². The second-order valence-electron chi connectivity index (χ2n) is 3.47. The molecule has 2 rings (SSSR count). The van der Waals surface area contributed by atoms with Crippen molar-refractivity contribution in [2.75, 3.05) is 11.9 Å². The van der Waals surface area contributed by atoms with E-state index in [0.717, 1.165) is 5.69 Å². The van der Waals surface area contributed by atoms with Crippen LogP contribution in [0.25, 0.3) is 0 Å². The minimum atomic E-state index is -0.248. The lowest BCUT2D eigenvalue weighted by molar-refractivity contribution is 0.0988. The highest BCUT2D eigenvalue weighted by Gasteiger charge is 2.15. The van der Waals surface area contributed by atoms with E-state index in [1.54, 1.807) is 31.6 Å². The summed E-state index contributed by atoms with van der Waals surface area (Å²) in [6.07, 6.45) is 4.90. The summed E-state index contributed by atoms with van der Waals surface area (Å²) in [5.74, 6) is -0.248. The molecule has 0 radical (unpaired) electrons. The van der Waals surface area contributed by atoms with Gasteiger partial charge in [0.15, 0.2) is 0 Å². The highest BCUT2D eigenvalue weighted by molar-refractivity contribution is 6.04. The Labute approximate surface area is 98.3 Å². The van der Waals surface area contributed by atoms with Crippen LogP contribution in [0.4, 0.5) is 5.69 Å². The predicted molar refractivity (Wildman–Crippen MR) is 62.5 cm³/mol. The fourth-order valence-electron chi connectivity index (χ4n) is 1.43. The van der Waals surface area contributed by atoms with Crippen LogP contribution in [-0.2, 0) is 0 Å². The molecule has 1 N–H and O–H groups in total. The third-order valence-corrected chi connectivity index (χ3v) is 2.38. The van der Waals surface area contributed by atoms with Crippen molar-refractivity contribution >= 4 is 11.6 Å². The fourth-order valence-corrected chi connectivity index (χ4v) is 1.43. The number of H-pyrrole nitrogens is 1. The fraction of sp³-hybridized carbons (Fsp3) is 0.0833. The molecule has 1 amide bonds. The van der Waals surface area contributed by atoms with Gasteiger partial charge in [0.1, 0.15) is 5.69 Å². The molecule has 0 aliphatic heterocycles. The van der Waals surface area contributed by atoms with Crippen LogP contribution in [0.3, 0.4) is 0 Å². The van der Waals surface area contributed by atoms with Gasteiger partial charge in [-0.25, -0.2) is 0 Å². The molecular formula is C12H10N4O. The Morgan fingerprint density at radius 3 is 3.00 bits per heavy atom. The summed E-state index contributed by atoms with van der Waals surface area (Å²) >= 11 is 0. The van der Waals surface area contributed by atoms with E-state index in [-0.39, 0.29) is 11.6 Å². The molecule has 0 saturated carbocycles. The van der Waals surface area contributed by atoms with Gasteiger partial charge in [-0.1, -0.05) is 0 Å². The standard InChI is InChI=1S/C12H10N4O/c1-16(10-3-4-14-8-10)12(17)11-6-9(7-13)2-5-15-11/h2-6,8,14H,1H3. The smallest absolute Gasteiger partial charge is 0.276 e. The van der Waals surface area contributed by atoms with Crippen molar-refractivity contribution in [3.63, 3.8) is 0 Å². The zero-order chi connectivity index (χ0) is 12.3. The van der Waals surface area contributed by atoms with Crippen LogP contribution < -0.4 is 4.90 Å². The Bertz CT molecular complexity index is 568. The number of aromatic nitrogens is 2. The summed E-state index contributed by atoms with van der Waals surface area (Å²) < 4.78 is 0. The number of aromatic amines is 1. The summed E-state index contributed by atoms with van der Waals surface area (Å²) in [6.45, 7) is 0. The van der Waals surface area contributed by atoms with Gasteiger partial charge in [0.2, 0.25) is 0 Å². The Morgan fingerprint density at radius 1 is 1.53 bits per heavy atom. The van der Waals surface area contributed by atoms with Crippen molar-refractivity contribution < 1.29 is 4.79 Å². The average Bonchev–Trinajstić information content (AvgIpc) is 2.91. The number of nitriles is 1. The van der Waals surface area contributed by atoms with Crippen molar-refractivity contribution in [1.29, 1.82) is 5.26 Å². The SMILES string of the molecule is CN(C(=O)c1cc(C#N)ccn1)c1cc[nH]c1. The molecule has 0 aliphatic rings. The zero-order valence-corrected chi connectivity index (χ0v) is 9.21. The van der Waals surface area contributed by atoms with Crippen molar-refractivity contribution in [2.45, 2.75) is 0 Å². The zero-order valence-electron chi connectivity index (χ0n) is 9.21. The first-order valence-corrected chi connectivity index (χ1v) is 4.99. The summed E-state index contributed by atoms with van der Waals surface area (Å²) in [7, 11) is 1.66. The summed E-state index contributed by atoms with van der Waals surface area (Å²) in [5.41, 5.74) is 1.43. The second kappa shape index (κ2) is 4.49. The molecule has 5 nitrogen and oxygen atoms in total. The van der Waals surface area contributed by atoms with Gasteiger partial charge < -0.3 is 9.88 Å². The molecule has 84 valence electrons. The van der Waals surface area contributed by atoms with Gasteiger partial charge in [-0.2, -0.15) is 5.26 Å². The molecule has 17 heavy (non-hydrogen) atoms. The van der Waals surface area contributed by atoms with E-state index < -0.39 is 0 Å². The normalized spacial score (nSPS) is 9.65. The lowest BCUT2D eigenvalue weighted by Gasteiger charge is -2.14. The van der Waals surface area contributed by atoms with E-state index in [9.17, 15) is 4.79 Å². The van der Waals surface area contributed by atoms with Gasteiger partial charge in [0, 0.05) is 25.6 Å². The topological polar surface area (TPSA) is 72.8 Å². The molecule has 2 aromatic heterocycles. The predicted octanol–water partition coefficient (Wildman–Crippen LogP) is 1.56.